The van der Waals surface area contributed by atoms with E-state index in [0.717, 1.165) is 12.2 Å². The second-order valence-corrected chi connectivity index (χ2v) is 5.85. The van der Waals surface area contributed by atoms with Gasteiger partial charge in [0.15, 0.2) is 5.25 Å². The first-order valence-electron chi connectivity index (χ1n) is 6.66. The summed E-state index contributed by atoms with van der Waals surface area (Å²) < 4.78 is 4.77. The molecule has 0 saturated heterocycles. The van der Waals surface area contributed by atoms with Gasteiger partial charge in [-0.25, -0.2) is 0 Å². The van der Waals surface area contributed by atoms with Crippen molar-refractivity contribution in [2.24, 2.45) is 5.92 Å². The molecule has 0 aromatic heterocycles. The first-order chi connectivity index (χ1) is 8.65. The van der Waals surface area contributed by atoms with Crippen molar-refractivity contribution in [1.82, 2.24) is 0 Å². The molecule has 1 aliphatic rings. The van der Waals surface area contributed by atoms with E-state index in [-0.39, 0.29) is 6.61 Å². The van der Waals surface area contributed by atoms with Crippen molar-refractivity contribution in [1.29, 1.82) is 0 Å². The number of aliphatic carboxylic acids is 1. The molecule has 1 saturated carbocycles. The second-order valence-electron chi connectivity index (χ2n) is 4.63. The number of esters is 1. The molecule has 5 heteroatoms. The lowest BCUT2D eigenvalue weighted by atomic mass is 9.88. The highest BCUT2D eigenvalue weighted by molar-refractivity contribution is 8.01. The third-order valence-corrected chi connectivity index (χ3v) is 4.46. The van der Waals surface area contributed by atoms with Gasteiger partial charge in [0.1, 0.15) is 0 Å². The summed E-state index contributed by atoms with van der Waals surface area (Å²) in [5.74, 6) is -0.288. The summed E-state index contributed by atoms with van der Waals surface area (Å²) in [5.41, 5.74) is 0. The number of ether oxygens (including phenoxy) is 1. The Morgan fingerprint density at radius 2 is 2.00 bits per heavy atom. The lowest BCUT2D eigenvalue weighted by Crippen LogP contribution is -2.29. The van der Waals surface area contributed by atoms with Crippen molar-refractivity contribution >= 4 is 23.7 Å². The van der Waals surface area contributed by atoms with Crippen molar-refractivity contribution < 1.29 is 19.4 Å². The summed E-state index contributed by atoms with van der Waals surface area (Å²) in [6.45, 7) is 1.91. The summed E-state index contributed by atoms with van der Waals surface area (Å²) in [6.07, 6.45) is 7.40. The molecule has 1 atom stereocenters. The predicted octanol–water partition coefficient (Wildman–Crippen LogP) is 2.71. The van der Waals surface area contributed by atoms with E-state index >= 15 is 0 Å². The van der Waals surface area contributed by atoms with Gasteiger partial charge in [0.05, 0.1) is 6.61 Å². The molecule has 0 amide bonds. The van der Waals surface area contributed by atoms with E-state index in [1.165, 1.54) is 43.9 Å². The smallest absolute Gasteiger partial charge is 0.330 e. The van der Waals surface area contributed by atoms with Crippen molar-refractivity contribution in [3.05, 3.63) is 0 Å². The fraction of sp³-hybridized carbons (Fsp3) is 0.846. The van der Waals surface area contributed by atoms with Crippen LogP contribution in [0.1, 0.15) is 45.4 Å². The highest BCUT2D eigenvalue weighted by Gasteiger charge is 2.28. The van der Waals surface area contributed by atoms with Gasteiger partial charge in [-0.2, -0.15) is 0 Å². The van der Waals surface area contributed by atoms with Crippen LogP contribution < -0.4 is 0 Å². The topological polar surface area (TPSA) is 63.6 Å². The SMILES string of the molecule is CCOC(=O)C(SCCC1CCCCC1)C(=O)O. The van der Waals surface area contributed by atoms with Gasteiger partial charge < -0.3 is 9.84 Å². The predicted molar refractivity (Wildman–Crippen MR) is 71.7 cm³/mol. The monoisotopic (exact) mass is 274 g/mol. The standard InChI is InChI=1S/C13H22O4S/c1-2-17-13(16)11(12(14)15)18-9-8-10-6-4-3-5-7-10/h10-11H,2-9H2,1H3,(H,14,15). The molecule has 104 valence electrons. The Morgan fingerprint density at radius 1 is 1.33 bits per heavy atom. The highest BCUT2D eigenvalue weighted by atomic mass is 32.2. The van der Waals surface area contributed by atoms with Crippen LogP contribution in [0.3, 0.4) is 0 Å². The van der Waals surface area contributed by atoms with Gasteiger partial charge in [-0.05, 0) is 25.0 Å². The molecule has 1 rings (SSSR count). The molecule has 1 fully saturated rings. The Labute approximate surface area is 112 Å². The molecule has 1 unspecified atom stereocenters. The van der Waals surface area contributed by atoms with E-state index in [4.69, 9.17) is 9.84 Å². The number of carboxylic acid groups (broad SMARTS) is 1. The van der Waals surface area contributed by atoms with Crippen LogP contribution in [-0.2, 0) is 14.3 Å². The Balaban J connectivity index is 2.28. The van der Waals surface area contributed by atoms with Crippen molar-refractivity contribution in [3.63, 3.8) is 0 Å². The molecular weight excluding hydrogens is 252 g/mol. The molecule has 0 aromatic rings. The zero-order chi connectivity index (χ0) is 13.4. The maximum atomic E-state index is 11.4. The van der Waals surface area contributed by atoms with Crippen molar-refractivity contribution in [2.75, 3.05) is 12.4 Å². The molecule has 0 bridgehead atoms. The van der Waals surface area contributed by atoms with E-state index < -0.39 is 17.2 Å². The summed E-state index contributed by atoms with van der Waals surface area (Å²) in [5, 5.41) is 7.92. The van der Waals surface area contributed by atoms with Gasteiger partial charge in [-0.15, -0.1) is 11.8 Å². The van der Waals surface area contributed by atoms with Gasteiger partial charge in [0.25, 0.3) is 0 Å². The number of carbonyl (C=O) groups excluding carboxylic acids is 1. The summed E-state index contributed by atoms with van der Waals surface area (Å²) in [7, 11) is 0. The first kappa shape index (κ1) is 15.3. The zero-order valence-electron chi connectivity index (χ0n) is 10.9. The van der Waals surface area contributed by atoms with Crippen LogP contribution in [0, 0.1) is 5.92 Å². The molecule has 0 spiro atoms. The van der Waals surface area contributed by atoms with Crippen LogP contribution in [0.5, 0.6) is 0 Å². The molecular formula is C13H22O4S. The second kappa shape index (κ2) is 8.40. The molecule has 1 aliphatic carbocycles. The van der Waals surface area contributed by atoms with E-state index in [1.54, 1.807) is 6.92 Å². The molecule has 18 heavy (non-hydrogen) atoms. The number of carboxylic acids is 1. The number of rotatable bonds is 7. The fourth-order valence-electron chi connectivity index (χ4n) is 2.29. The van der Waals surface area contributed by atoms with Gasteiger partial charge in [-0.3, -0.25) is 9.59 Å². The molecule has 0 heterocycles. The summed E-state index contributed by atoms with van der Waals surface area (Å²) >= 11 is 1.20. The summed E-state index contributed by atoms with van der Waals surface area (Å²) in [4.78, 5) is 22.4. The van der Waals surface area contributed by atoms with Crippen LogP contribution in [0.4, 0.5) is 0 Å². The molecule has 0 radical (unpaired) electrons. The maximum Gasteiger partial charge on any atom is 0.330 e. The first-order valence-corrected chi connectivity index (χ1v) is 7.71. The minimum atomic E-state index is -1.10. The number of carbonyl (C=O) groups is 2. The maximum absolute atomic E-state index is 11.4. The van der Waals surface area contributed by atoms with E-state index in [1.807, 2.05) is 0 Å². The number of hydrogen-bond donors (Lipinski definition) is 1. The molecule has 1 N–H and O–H groups in total. The highest BCUT2D eigenvalue weighted by Crippen LogP contribution is 2.28. The quantitative estimate of drug-likeness (QED) is 0.571. The Hall–Kier alpha value is -0.710. The zero-order valence-corrected chi connectivity index (χ0v) is 11.7. The lowest BCUT2D eigenvalue weighted by molar-refractivity contribution is -0.149. The van der Waals surface area contributed by atoms with Crippen LogP contribution >= 0.6 is 11.8 Å². The van der Waals surface area contributed by atoms with Crippen LogP contribution in [0.25, 0.3) is 0 Å². The third-order valence-electron chi connectivity index (χ3n) is 3.26. The Morgan fingerprint density at radius 3 is 2.56 bits per heavy atom. The van der Waals surface area contributed by atoms with Crippen LogP contribution in [-0.4, -0.2) is 34.7 Å². The average Bonchev–Trinajstić information content (AvgIpc) is 2.35. The average molecular weight is 274 g/mol. The van der Waals surface area contributed by atoms with Crippen molar-refractivity contribution in [3.8, 4) is 0 Å². The normalized spacial score (nSPS) is 18.3. The van der Waals surface area contributed by atoms with E-state index in [0.29, 0.717) is 5.92 Å². The summed E-state index contributed by atoms with van der Waals surface area (Å²) in [6, 6.07) is 0. The molecule has 0 aliphatic heterocycles. The van der Waals surface area contributed by atoms with Crippen LogP contribution in [0.2, 0.25) is 0 Å². The minimum Gasteiger partial charge on any atom is -0.480 e. The van der Waals surface area contributed by atoms with Crippen LogP contribution in [0.15, 0.2) is 0 Å². The molecule has 4 nitrogen and oxygen atoms in total. The lowest BCUT2D eigenvalue weighted by Gasteiger charge is -2.21. The largest absolute Gasteiger partial charge is 0.480 e. The van der Waals surface area contributed by atoms with Gasteiger partial charge in [0.2, 0.25) is 0 Å². The fourth-order valence-corrected chi connectivity index (χ4v) is 3.34. The van der Waals surface area contributed by atoms with Gasteiger partial charge >= 0.3 is 11.9 Å². The number of hydrogen-bond acceptors (Lipinski definition) is 4. The van der Waals surface area contributed by atoms with E-state index in [2.05, 4.69) is 0 Å². The van der Waals surface area contributed by atoms with Gasteiger partial charge in [0, 0.05) is 0 Å². The minimum absolute atomic E-state index is 0.228. The third kappa shape index (κ3) is 5.29. The van der Waals surface area contributed by atoms with E-state index in [9.17, 15) is 9.59 Å². The van der Waals surface area contributed by atoms with Gasteiger partial charge in [-0.1, -0.05) is 32.1 Å². The van der Waals surface area contributed by atoms with Crippen molar-refractivity contribution in [2.45, 2.75) is 50.7 Å². The Kier molecular flexibility index (Phi) is 7.16. The molecule has 0 aromatic carbocycles. The number of thioether (sulfide) groups is 1. The Bertz CT molecular complexity index is 274.